The summed E-state index contributed by atoms with van der Waals surface area (Å²) >= 11 is 1.51. The highest BCUT2D eigenvalue weighted by Crippen LogP contribution is 2.31. The van der Waals surface area contributed by atoms with Crippen molar-refractivity contribution < 1.29 is 14.0 Å². The number of likely N-dealkylation sites (tertiary alicyclic amines) is 1. The number of para-hydroxylation sites is 1. The predicted molar refractivity (Wildman–Crippen MR) is 147 cm³/mol. The Hall–Kier alpha value is -3.98. The predicted octanol–water partition coefficient (Wildman–Crippen LogP) is 5.17. The van der Waals surface area contributed by atoms with Crippen LogP contribution in [-0.4, -0.2) is 51.3 Å². The second-order valence-electron chi connectivity index (χ2n) is 9.77. The first kappa shape index (κ1) is 24.4. The van der Waals surface area contributed by atoms with E-state index in [9.17, 15) is 14.0 Å². The summed E-state index contributed by atoms with van der Waals surface area (Å²) in [6.45, 7) is 1.82. The Morgan fingerprint density at radius 3 is 2.63 bits per heavy atom. The smallest absolute Gasteiger partial charge is 0.270 e. The van der Waals surface area contributed by atoms with Gasteiger partial charge in [-0.3, -0.25) is 9.59 Å². The van der Waals surface area contributed by atoms with Crippen LogP contribution in [0.25, 0.3) is 21.8 Å². The lowest BCUT2D eigenvalue weighted by atomic mass is 9.97. The number of carbonyl (C=O) groups is 2. The molecule has 6 rings (SSSR count). The molecule has 0 aliphatic carbocycles. The number of aromatic amines is 2. The molecule has 9 heteroatoms. The molecule has 2 amide bonds. The molecule has 3 aromatic heterocycles. The third kappa shape index (κ3) is 4.93. The maximum atomic E-state index is 13.6. The van der Waals surface area contributed by atoms with Crippen LogP contribution in [0.15, 0.2) is 60.2 Å². The van der Waals surface area contributed by atoms with E-state index >= 15 is 0 Å². The number of carbonyl (C=O) groups excluding carboxylic acids is 2. The Morgan fingerprint density at radius 2 is 1.79 bits per heavy atom. The van der Waals surface area contributed by atoms with Crippen molar-refractivity contribution in [2.75, 3.05) is 19.6 Å². The zero-order valence-electron chi connectivity index (χ0n) is 20.8. The van der Waals surface area contributed by atoms with Gasteiger partial charge in [-0.25, -0.2) is 9.37 Å². The maximum absolute atomic E-state index is 13.6. The molecular formula is C29H28FN5O2S. The summed E-state index contributed by atoms with van der Waals surface area (Å²) in [5.74, 6) is -0.0862. The molecule has 3 N–H and O–H groups in total. The minimum absolute atomic E-state index is 0.144. The zero-order valence-corrected chi connectivity index (χ0v) is 21.6. The van der Waals surface area contributed by atoms with E-state index in [2.05, 4.69) is 20.3 Å². The summed E-state index contributed by atoms with van der Waals surface area (Å²) in [7, 11) is 0. The van der Waals surface area contributed by atoms with Gasteiger partial charge >= 0.3 is 0 Å². The number of amides is 2. The van der Waals surface area contributed by atoms with Gasteiger partial charge in [-0.1, -0.05) is 18.2 Å². The molecule has 0 atom stereocenters. The van der Waals surface area contributed by atoms with E-state index in [1.165, 1.54) is 23.5 Å². The summed E-state index contributed by atoms with van der Waals surface area (Å²) in [6.07, 6.45) is 6.45. The quantitative estimate of drug-likeness (QED) is 0.272. The second-order valence-corrected chi connectivity index (χ2v) is 10.7. The van der Waals surface area contributed by atoms with Crippen molar-refractivity contribution in [1.82, 2.24) is 25.2 Å². The SMILES string of the molecule is O=C(NCCc1c[nH]c2ccc(F)cc12)c1csc(C2CCN(C(=O)Cc3c[nH]c4ccccc34)CC2)n1. The normalized spacial score (nSPS) is 14.4. The number of piperidine rings is 1. The highest BCUT2D eigenvalue weighted by atomic mass is 32.1. The standard InChI is InChI=1S/C29H28FN5O2S/c30-21-5-6-25-23(14-21)19(15-32-25)7-10-31-28(37)26-17-38-29(34-26)18-8-11-35(12-9-18)27(36)13-20-16-33-24-4-2-1-3-22(20)24/h1-6,14-18,32-33H,7-13H2,(H,31,37). The zero-order chi connectivity index (χ0) is 26.1. The minimum atomic E-state index is -0.276. The first-order valence-electron chi connectivity index (χ1n) is 12.9. The fourth-order valence-corrected chi connectivity index (χ4v) is 6.24. The van der Waals surface area contributed by atoms with Gasteiger partial charge in [0.25, 0.3) is 5.91 Å². The number of rotatable bonds is 7. The Morgan fingerprint density at radius 1 is 1.03 bits per heavy atom. The van der Waals surface area contributed by atoms with Crippen LogP contribution in [0.3, 0.4) is 0 Å². The van der Waals surface area contributed by atoms with E-state index in [1.54, 1.807) is 11.4 Å². The highest BCUT2D eigenvalue weighted by molar-refractivity contribution is 7.09. The van der Waals surface area contributed by atoms with Gasteiger partial charge in [-0.15, -0.1) is 11.3 Å². The van der Waals surface area contributed by atoms with Crippen LogP contribution in [0, 0.1) is 5.82 Å². The molecule has 0 spiro atoms. The molecule has 194 valence electrons. The molecule has 0 unspecified atom stereocenters. The number of hydrogen-bond acceptors (Lipinski definition) is 4. The van der Waals surface area contributed by atoms with Gasteiger partial charge in [0, 0.05) is 65.1 Å². The number of nitrogens with zero attached hydrogens (tertiary/aromatic N) is 2. The van der Waals surface area contributed by atoms with Crippen molar-refractivity contribution >= 4 is 45.0 Å². The third-order valence-electron chi connectivity index (χ3n) is 7.38. The molecule has 2 aromatic carbocycles. The lowest BCUT2D eigenvalue weighted by Crippen LogP contribution is -2.38. The van der Waals surface area contributed by atoms with Gasteiger partial charge in [0.15, 0.2) is 0 Å². The topological polar surface area (TPSA) is 93.9 Å². The average molecular weight is 530 g/mol. The van der Waals surface area contributed by atoms with Crippen molar-refractivity contribution in [1.29, 1.82) is 0 Å². The fraction of sp³-hybridized carbons (Fsp3) is 0.276. The lowest BCUT2D eigenvalue weighted by Gasteiger charge is -2.31. The summed E-state index contributed by atoms with van der Waals surface area (Å²) in [5.41, 5.74) is 4.34. The van der Waals surface area contributed by atoms with Gasteiger partial charge in [-0.2, -0.15) is 0 Å². The number of halogens is 1. The summed E-state index contributed by atoms with van der Waals surface area (Å²) < 4.78 is 13.6. The number of H-pyrrole nitrogens is 2. The van der Waals surface area contributed by atoms with Crippen LogP contribution in [0.5, 0.6) is 0 Å². The largest absolute Gasteiger partial charge is 0.361 e. The van der Waals surface area contributed by atoms with Crippen molar-refractivity contribution in [3.05, 3.63) is 87.9 Å². The second kappa shape index (κ2) is 10.4. The number of aromatic nitrogens is 3. The van der Waals surface area contributed by atoms with Crippen LogP contribution < -0.4 is 5.32 Å². The fourth-order valence-electron chi connectivity index (χ4n) is 5.27. The molecule has 1 fully saturated rings. The van der Waals surface area contributed by atoms with E-state index in [0.29, 0.717) is 38.2 Å². The monoisotopic (exact) mass is 529 g/mol. The van der Waals surface area contributed by atoms with Crippen LogP contribution >= 0.6 is 11.3 Å². The Bertz CT molecular complexity index is 1610. The molecule has 38 heavy (non-hydrogen) atoms. The molecular weight excluding hydrogens is 501 g/mol. The molecule has 4 heterocycles. The molecule has 0 bridgehead atoms. The molecule has 0 saturated carbocycles. The highest BCUT2D eigenvalue weighted by Gasteiger charge is 2.26. The number of benzene rings is 2. The van der Waals surface area contributed by atoms with Crippen molar-refractivity contribution in [3.63, 3.8) is 0 Å². The average Bonchev–Trinajstić information content (AvgIpc) is 3.68. The molecule has 1 saturated heterocycles. The van der Waals surface area contributed by atoms with Crippen molar-refractivity contribution in [2.45, 2.75) is 31.6 Å². The third-order valence-corrected chi connectivity index (χ3v) is 8.38. The Kier molecular flexibility index (Phi) is 6.68. The van der Waals surface area contributed by atoms with Crippen LogP contribution in [0.2, 0.25) is 0 Å². The Balaban J connectivity index is 0.997. The Labute approximate surface area is 223 Å². The van der Waals surface area contributed by atoms with Crippen LogP contribution in [-0.2, 0) is 17.6 Å². The molecule has 0 radical (unpaired) electrons. The number of fused-ring (bicyclic) bond motifs is 2. The van der Waals surface area contributed by atoms with Gasteiger partial charge in [0.05, 0.1) is 11.4 Å². The van der Waals surface area contributed by atoms with E-state index in [0.717, 1.165) is 50.8 Å². The van der Waals surface area contributed by atoms with Crippen molar-refractivity contribution in [3.8, 4) is 0 Å². The first-order valence-corrected chi connectivity index (χ1v) is 13.7. The number of hydrogen-bond donors (Lipinski definition) is 3. The maximum Gasteiger partial charge on any atom is 0.270 e. The molecule has 5 aromatic rings. The molecule has 7 nitrogen and oxygen atoms in total. The van der Waals surface area contributed by atoms with E-state index in [1.807, 2.05) is 41.6 Å². The first-order chi connectivity index (χ1) is 18.5. The summed E-state index contributed by atoms with van der Waals surface area (Å²) in [4.78, 5) is 38.6. The van der Waals surface area contributed by atoms with Crippen molar-refractivity contribution in [2.24, 2.45) is 0 Å². The van der Waals surface area contributed by atoms with Crippen LogP contribution in [0.4, 0.5) is 4.39 Å². The van der Waals surface area contributed by atoms with Gasteiger partial charge in [0.2, 0.25) is 5.91 Å². The summed E-state index contributed by atoms with van der Waals surface area (Å²) in [6, 6.07) is 12.7. The summed E-state index contributed by atoms with van der Waals surface area (Å²) in [5, 5.41) is 7.62. The minimum Gasteiger partial charge on any atom is -0.361 e. The molecule has 1 aliphatic rings. The van der Waals surface area contributed by atoms with Gasteiger partial charge in [-0.05, 0) is 54.7 Å². The van der Waals surface area contributed by atoms with E-state index in [4.69, 9.17) is 0 Å². The van der Waals surface area contributed by atoms with E-state index in [-0.39, 0.29) is 23.5 Å². The lowest BCUT2D eigenvalue weighted by molar-refractivity contribution is -0.131. The van der Waals surface area contributed by atoms with Gasteiger partial charge in [0.1, 0.15) is 11.5 Å². The van der Waals surface area contributed by atoms with Gasteiger partial charge < -0.3 is 20.2 Å². The molecule has 1 aliphatic heterocycles. The van der Waals surface area contributed by atoms with E-state index < -0.39 is 0 Å². The number of nitrogens with one attached hydrogen (secondary N) is 3. The van der Waals surface area contributed by atoms with Crippen LogP contribution in [0.1, 0.15) is 45.4 Å². The number of thiazole rings is 1.